The molecule has 0 aromatic carbocycles. The molecule has 2 aliphatic rings. The monoisotopic (exact) mass is 426 g/mol. The van der Waals surface area contributed by atoms with Gasteiger partial charge < -0.3 is 23.6 Å². The third-order valence-corrected chi connectivity index (χ3v) is 5.52. The molecule has 0 aliphatic carbocycles. The van der Waals surface area contributed by atoms with Crippen molar-refractivity contribution >= 4 is 17.8 Å². The topological polar surface area (TPSA) is 96.4 Å². The minimum absolute atomic E-state index is 0.0218. The van der Waals surface area contributed by atoms with Crippen LogP contribution in [0.15, 0.2) is 56.8 Å². The molecule has 164 valence electrons. The number of carbonyl (C=O) groups excluding carboxylic acids is 2. The lowest BCUT2D eigenvalue weighted by Crippen LogP contribution is -2.39. The van der Waals surface area contributed by atoms with Crippen LogP contribution in [0.2, 0.25) is 0 Å². The predicted octanol–water partition coefficient (Wildman–Crippen LogP) is 2.88. The third kappa shape index (κ3) is 4.65. The Hall–Kier alpha value is -3.10. The molecule has 2 aromatic rings. The van der Waals surface area contributed by atoms with E-state index in [9.17, 15) is 14.7 Å². The van der Waals surface area contributed by atoms with Crippen LogP contribution in [-0.4, -0.2) is 66.0 Å². The SMILES string of the molecule is Cc1ccc(C2C(C(=O)/C=C/c3ccco3)=C(O)C(=O)N2CCCN2CCOCC2)o1. The first kappa shape index (κ1) is 21.1. The summed E-state index contributed by atoms with van der Waals surface area (Å²) in [7, 11) is 0. The van der Waals surface area contributed by atoms with Gasteiger partial charge in [0.05, 0.1) is 25.1 Å². The fourth-order valence-electron chi connectivity index (χ4n) is 3.96. The molecule has 1 fully saturated rings. The average molecular weight is 426 g/mol. The number of carbonyl (C=O) groups is 2. The molecule has 1 amide bonds. The maximum atomic E-state index is 13.0. The second kappa shape index (κ2) is 9.36. The van der Waals surface area contributed by atoms with Gasteiger partial charge in [0.25, 0.3) is 5.91 Å². The largest absolute Gasteiger partial charge is 0.503 e. The molecule has 4 rings (SSSR count). The van der Waals surface area contributed by atoms with Crippen LogP contribution in [0.4, 0.5) is 0 Å². The molecule has 2 aliphatic heterocycles. The highest BCUT2D eigenvalue weighted by Crippen LogP contribution is 2.38. The first-order valence-electron chi connectivity index (χ1n) is 10.4. The maximum absolute atomic E-state index is 13.0. The van der Waals surface area contributed by atoms with Crippen molar-refractivity contribution in [3.05, 3.63) is 65.2 Å². The number of aryl methyl sites for hydroxylation is 1. The summed E-state index contributed by atoms with van der Waals surface area (Å²) in [5.41, 5.74) is 0.0218. The van der Waals surface area contributed by atoms with Crippen LogP contribution in [-0.2, 0) is 14.3 Å². The van der Waals surface area contributed by atoms with Gasteiger partial charge >= 0.3 is 0 Å². The molecule has 2 aromatic heterocycles. The summed E-state index contributed by atoms with van der Waals surface area (Å²) < 4.78 is 16.3. The second-order valence-corrected chi connectivity index (χ2v) is 7.63. The highest BCUT2D eigenvalue weighted by atomic mass is 16.5. The van der Waals surface area contributed by atoms with Crippen molar-refractivity contribution in [1.82, 2.24) is 9.80 Å². The van der Waals surface area contributed by atoms with E-state index in [1.807, 2.05) is 0 Å². The third-order valence-electron chi connectivity index (χ3n) is 5.52. The molecule has 1 N–H and O–H groups in total. The Morgan fingerprint density at radius 2 is 2.03 bits per heavy atom. The standard InChI is InChI=1S/C23H26N2O6/c1-16-5-8-19(31-16)21-20(18(26)7-6-17-4-2-13-30-17)22(27)23(28)25(21)10-3-9-24-11-14-29-15-12-24/h2,4-8,13,21,27H,3,9-12,14-15H2,1H3/b7-6+. The zero-order valence-corrected chi connectivity index (χ0v) is 17.5. The number of rotatable bonds is 8. The van der Waals surface area contributed by atoms with Gasteiger partial charge in [-0.05, 0) is 49.8 Å². The van der Waals surface area contributed by atoms with Gasteiger partial charge in [-0.1, -0.05) is 0 Å². The number of ketones is 1. The van der Waals surface area contributed by atoms with E-state index in [1.165, 1.54) is 23.3 Å². The first-order valence-corrected chi connectivity index (χ1v) is 10.4. The van der Waals surface area contributed by atoms with Crippen LogP contribution in [0.1, 0.15) is 29.7 Å². The molecule has 4 heterocycles. The van der Waals surface area contributed by atoms with Crippen molar-refractivity contribution in [2.24, 2.45) is 0 Å². The number of ether oxygens (including phenoxy) is 1. The smallest absolute Gasteiger partial charge is 0.290 e. The van der Waals surface area contributed by atoms with E-state index in [1.54, 1.807) is 31.2 Å². The Labute approximate surface area is 180 Å². The number of nitrogens with zero attached hydrogens (tertiary/aromatic N) is 2. The summed E-state index contributed by atoms with van der Waals surface area (Å²) in [4.78, 5) is 29.6. The van der Waals surface area contributed by atoms with Crippen LogP contribution in [0.5, 0.6) is 0 Å². The van der Waals surface area contributed by atoms with E-state index < -0.39 is 23.5 Å². The fraction of sp³-hybridized carbons (Fsp3) is 0.391. The molecule has 0 saturated carbocycles. The molecule has 8 nitrogen and oxygen atoms in total. The zero-order chi connectivity index (χ0) is 21.8. The normalized spacial score (nSPS) is 20.4. The first-order chi connectivity index (χ1) is 15.0. The Balaban J connectivity index is 1.54. The van der Waals surface area contributed by atoms with Gasteiger partial charge in [0.2, 0.25) is 0 Å². The van der Waals surface area contributed by atoms with Crippen LogP contribution in [0.3, 0.4) is 0 Å². The molecular weight excluding hydrogens is 400 g/mol. The summed E-state index contributed by atoms with van der Waals surface area (Å²) in [5, 5.41) is 10.6. The Kier molecular flexibility index (Phi) is 6.39. The molecule has 0 bridgehead atoms. The highest BCUT2D eigenvalue weighted by Gasteiger charge is 2.44. The van der Waals surface area contributed by atoms with E-state index in [0.717, 1.165) is 19.6 Å². The number of aliphatic hydroxyl groups excluding tert-OH is 1. The summed E-state index contributed by atoms with van der Waals surface area (Å²) in [5.74, 6) is 0.0776. The highest BCUT2D eigenvalue weighted by molar-refractivity contribution is 6.14. The van der Waals surface area contributed by atoms with E-state index >= 15 is 0 Å². The lowest BCUT2D eigenvalue weighted by molar-refractivity contribution is -0.129. The molecule has 1 unspecified atom stereocenters. The van der Waals surface area contributed by atoms with Crippen molar-refractivity contribution in [3.8, 4) is 0 Å². The van der Waals surface area contributed by atoms with Crippen molar-refractivity contribution in [2.45, 2.75) is 19.4 Å². The summed E-state index contributed by atoms with van der Waals surface area (Å²) in [6.07, 6.45) is 5.03. The minimum atomic E-state index is -0.764. The van der Waals surface area contributed by atoms with E-state index in [0.29, 0.717) is 43.5 Å². The number of allylic oxidation sites excluding steroid dienone is 1. The quantitative estimate of drug-likeness (QED) is 0.649. The molecule has 1 saturated heterocycles. The summed E-state index contributed by atoms with van der Waals surface area (Å²) >= 11 is 0. The number of hydrogen-bond acceptors (Lipinski definition) is 7. The van der Waals surface area contributed by atoms with Crippen LogP contribution in [0, 0.1) is 6.92 Å². The van der Waals surface area contributed by atoms with Crippen molar-refractivity contribution in [1.29, 1.82) is 0 Å². The zero-order valence-electron chi connectivity index (χ0n) is 17.5. The van der Waals surface area contributed by atoms with Gasteiger partial charge in [-0.15, -0.1) is 0 Å². The van der Waals surface area contributed by atoms with Gasteiger partial charge in [0, 0.05) is 26.2 Å². The van der Waals surface area contributed by atoms with Crippen LogP contribution < -0.4 is 0 Å². The number of hydrogen-bond donors (Lipinski definition) is 1. The number of morpholine rings is 1. The van der Waals surface area contributed by atoms with Crippen LogP contribution in [0.25, 0.3) is 6.08 Å². The van der Waals surface area contributed by atoms with Crippen molar-refractivity contribution in [2.75, 3.05) is 39.4 Å². The van der Waals surface area contributed by atoms with Crippen molar-refractivity contribution < 1.29 is 28.3 Å². The van der Waals surface area contributed by atoms with Crippen molar-refractivity contribution in [3.63, 3.8) is 0 Å². The fourth-order valence-corrected chi connectivity index (χ4v) is 3.96. The molecule has 0 radical (unpaired) electrons. The number of furan rings is 2. The molecule has 31 heavy (non-hydrogen) atoms. The van der Waals surface area contributed by atoms with Gasteiger partial charge in [-0.2, -0.15) is 0 Å². The predicted molar refractivity (Wildman–Crippen MR) is 112 cm³/mol. The Morgan fingerprint density at radius 1 is 1.23 bits per heavy atom. The van der Waals surface area contributed by atoms with E-state index in [4.69, 9.17) is 13.6 Å². The Bertz CT molecular complexity index is 982. The number of aliphatic hydroxyl groups is 1. The lowest BCUT2D eigenvalue weighted by Gasteiger charge is -2.29. The average Bonchev–Trinajstić information content (AvgIpc) is 3.50. The maximum Gasteiger partial charge on any atom is 0.290 e. The van der Waals surface area contributed by atoms with Gasteiger partial charge in [0.15, 0.2) is 11.5 Å². The van der Waals surface area contributed by atoms with Gasteiger partial charge in [-0.3, -0.25) is 14.5 Å². The molecule has 1 atom stereocenters. The van der Waals surface area contributed by atoms with Gasteiger partial charge in [0.1, 0.15) is 23.3 Å². The van der Waals surface area contributed by atoms with Gasteiger partial charge in [-0.25, -0.2) is 0 Å². The Morgan fingerprint density at radius 3 is 2.71 bits per heavy atom. The van der Waals surface area contributed by atoms with Crippen LogP contribution >= 0.6 is 0 Å². The second-order valence-electron chi connectivity index (χ2n) is 7.63. The number of amides is 1. The molecular formula is C23H26N2O6. The summed E-state index contributed by atoms with van der Waals surface area (Å²) in [6, 6.07) is 6.18. The van der Waals surface area contributed by atoms with E-state index in [-0.39, 0.29) is 5.57 Å². The van der Waals surface area contributed by atoms with E-state index in [2.05, 4.69) is 4.90 Å². The molecule has 8 heteroatoms. The minimum Gasteiger partial charge on any atom is -0.503 e. The summed E-state index contributed by atoms with van der Waals surface area (Å²) in [6.45, 7) is 6.13. The molecule has 0 spiro atoms. The lowest BCUT2D eigenvalue weighted by atomic mass is 10.0.